The molecule has 0 amide bonds. The Labute approximate surface area is 177 Å². The van der Waals surface area contributed by atoms with E-state index in [0.29, 0.717) is 13.0 Å². The first-order valence-electron chi connectivity index (χ1n) is 12.8. The topological polar surface area (TPSA) is 26.3 Å². The molecular weight excluding hydrogens is 344 g/mol. The van der Waals surface area contributed by atoms with Gasteiger partial charge >= 0.3 is 5.97 Å². The van der Waals surface area contributed by atoms with Gasteiger partial charge in [-0.1, -0.05) is 130 Å². The van der Waals surface area contributed by atoms with E-state index in [2.05, 4.69) is 20.8 Å². The van der Waals surface area contributed by atoms with E-state index in [1.165, 1.54) is 109 Å². The van der Waals surface area contributed by atoms with E-state index in [4.69, 9.17) is 4.74 Å². The van der Waals surface area contributed by atoms with Gasteiger partial charge in [0.15, 0.2) is 0 Å². The number of unbranched alkanes of at least 4 members (excludes halogenated alkanes) is 16. The molecule has 0 heterocycles. The number of ether oxygens (including phenoxy) is 1. The quantitative estimate of drug-likeness (QED) is 0.135. The molecule has 0 aromatic rings. The van der Waals surface area contributed by atoms with E-state index in [1.54, 1.807) is 0 Å². The molecule has 0 spiro atoms. The Morgan fingerprint density at radius 2 is 1.04 bits per heavy atom. The van der Waals surface area contributed by atoms with Gasteiger partial charge in [0, 0.05) is 6.42 Å². The molecule has 0 radical (unpaired) electrons. The van der Waals surface area contributed by atoms with Gasteiger partial charge in [0.25, 0.3) is 0 Å². The van der Waals surface area contributed by atoms with Crippen molar-refractivity contribution in [1.29, 1.82) is 0 Å². The van der Waals surface area contributed by atoms with Crippen LogP contribution in [0.5, 0.6) is 0 Å². The first-order valence-corrected chi connectivity index (χ1v) is 12.8. The van der Waals surface area contributed by atoms with Gasteiger partial charge in [0.05, 0.1) is 6.61 Å². The van der Waals surface area contributed by atoms with Crippen LogP contribution in [0.1, 0.15) is 149 Å². The molecule has 0 unspecified atom stereocenters. The molecule has 0 rings (SSSR count). The zero-order valence-corrected chi connectivity index (χ0v) is 19.7. The number of esters is 1. The normalized spacial score (nSPS) is 11.3. The molecular formula is C26H52O2. The van der Waals surface area contributed by atoms with Crippen molar-refractivity contribution in [3.8, 4) is 0 Å². The summed E-state index contributed by atoms with van der Waals surface area (Å²) in [6, 6.07) is 0. The maximum atomic E-state index is 11.7. The van der Waals surface area contributed by atoms with Crippen LogP contribution in [0.4, 0.5) is 0 Å². The number of hydrogen-bond acceptors (Lipinski definition) is 2. The summed E-state index contributed by atoms with van der Waals surface area (Å²) < 4.78 is 5.37. The molecule has 2 heteroatoms. The van der Waals surface area contributed by atoms with Crippen molar-refractivity contribution in [3.63, 3.8) is 0 Å². The van der Waals surface area contributed by atoms with Gasteiger partial charge in [-0.05, 0) is 18.8 Å². The van der Waals surface area contributed by atoms with Crippen LogP contribution in [0.3, 0.4) is 0 Å². The third-order valence-corrected chi connectivity index (χ3v) is 5.67. The lowest BCUT2D eigenvalue weighted by Gasteiger charge is -2.06. The van der Waals surface area contributed by atoms with Crippen molar-refractivity contribution in [2.24, 2.45) is 5.92 Å². The highest BCUT2D eigenvalue weighted by molar-refractivity contribution is 5.69. The zero-order valence-electron chi connectivity index (χ0n) is 19.7. The summed E-state index contributed by atoms with van der Waals surface area (Å²) in [4.78, 5) is 11.7. The molecule has 0 aromatic heterocycles. The molecule has 28 heavy (non-hydrogen) atoms. The van der Waals surface area contributed by atoms with Crippen LogP contribution >= 0.6 is 0 Å². The maximum absolute atomic E-state index is 11.7. The fraction of sp³-hybridized carbons (Fsp3) is 0.962. The first kappa shape index (κ1) is 27.5. The first-order chi connectivity index (χ1) is 13.7. The smallest absolute Gasteiger partial charge is 0.305 e. The van der Waals surface area contributed by atoms with Gasteiger partial charge in [0.2, 0.25) is 0 Å². The average Bonchev–Trinajstić information content (AvgIpc) is 2.67. The fourth-order valence-electron chi connectivity index (χ4n) is 3.73. The Bertz CT molecular complexity index is 312. The molecule has 0 atom stereocenters. The van der Waals surface area contributed by atoms with E-state index in [0.717, 1.165) is 18.8 Å². The minimum absolute atomic E-state index is 0.0182. The van der Waals surface area contributed by atoms with E-state index in [-0.39, 0.29) is 5.97 Å². The van der Waals surface area contributed by atoms with Crippen molar-refractivity contribution < 1.29 is 9.53 Å². The van der Waals surface area contributed by atoms with Gasteiger partial charge in [0.1, 0.15) is 0 Å². The van der Waals surface area contributed by atoms with Gasteiger partial charge in [-0.25, -0.2) is 0 Å². The molecule has 0 N–H and O–H groups in total. The Morgan fingerprint density at radius 1 is 0.607 bits per heavy atom. The molecule has 0 aliphatic heterocycles. The largest absolute Gasteiger partial charge is 0.466 e. The summed E-state index contributed by atoms with van der Waals surface area (Å²) in [6.45, 7) is 7.51. The van der Waals surface area contributed by atoms with Crippen molar-refractivity contribution in [3.05, 3.63) is 0 Å². The molecule has 0 aliphatic carbocycles. The molecule has 0 bridgehead atoms. The van der Waals surface area contributed by atoms with E-state index in [1.807, 2.05) is 0 Å². The van der Waals surface area contributed by atoms with Crippen LogP contribution in [0.25, 0.3) is 0 Å². The summed E-state index contributed by atoms with van der Waals surface area (Å²) in [5.41, 5.74) is 0. The molecule has 0 aliphatic rings. The number of carbonyl (C=O) groups excluding carboxylic acids is 1. The molecule has 2 nitrogen and oxygen atoms in total. The number of rotatable bonds is 22. The van der Waals surface area contributed by atoms with Crippen LogP contribution in [0, 0.1) is 5.92 Å². The highest BCUT2D eigenvalue weighted by Gasteiger charge is 2.02. The Balaban J connectivity index is 3.15. The number of hydrogen-bond donors (Lipinski definition) is 0. The van der Waals surface area contributed by atoms with Gasteiger partial charge in [-0.2, -0.15) is 0 Å². The SMILES string of the molecule is CCCCCCCCCCCCCC(=O)OCCCCCCCCCC(C)C. The van der Waals surface area contributed by atoms with Crippen LogP contribution in [-0.4, -0.2) is 12.6 Å². The third kappa shape index (κ3) is 23.5. The van der Waals surface area contributed by atoms with Crippen molar-refractivity contribution in [2.45, 2.75) is 149 Å². The lowest BCUT2D eigenvalue weighted by molar-refractivity contribution is -0.143. The Morgan fingerprint density at radius 3 is 1.54 bits per heavy atom. The summed E-state index contributed by atoms with van der Waals surface area (Å²) in [6.07, 6.45) is 25.5. The van der Waals surface area contributed by atoms with Gasteiger partial charge in [-0.3, -0.25) is 4.79 Å². The van der Waals surface area contributed by atoms with E-state index in [9.17, 15) is 4.79 Å². The third-order valence-electron chi connectivity index (χ3n) is 5.67. The van der Waals surface area contributed by atoms with Crippen LogP contribution < -0.4 is 0 Å². The summed E-state index contributed by atoms with van der Waals surface area (Å²) in [7, 11) is 0. The molecule has 0 fully saturated rings. The van der Waals surface area contributed by atoms with Crippen LogP contribution in [0.2, 0.25) is 0 Å². The second-order valence-electron chi connectivity index (χ2n) is 9.16. The highest BCUT2D eigenvalue weighted by Crippen LogP contribution is 2.13. The summed E-state index contributed by atoms with van der Waals surface area (Å²) >= 11 is 0. The van der Waals surface area contributed by atoms with E-state index < -0.39 is 0 Å². The minimum Gasteiger partial charge on any atom is -0.466 e. The standard InChI is InChI=1S/C26H52O2/c1-4-5-6-7-8-9-10-11-14-17-20-23-26(27)28-24-21-18-15-12-13-16-19-22-25(2)3/h25H,4-24H2,1-3H3. The fourth-order valence-corrected chi connectivity index (χ4v) is 3.73. The van der Waals surface area contributed by atoms with Gasteiger partial charge in [-0.15, -0.1) is 0 Å². The predicted octanol–water partition coefficient (Wildman–Crippen LogP) is 9.01. The Kier molecular flexibility index (Phi) is 22.3. The maximum Gasteiger partial charge on any atom is 0.305 e. The summed E-state index contributed by atoms with van der Waals surface area (Å²) in [5, 5.41) is 0. The molecule has 168 valence electrons. The van der Waals surface area contributed by atoms with Crippen LogP contribution in [-0.2, 0) is 9.53 Å². The second-order valence-corrected chi connectivity index (χ2v) is 9.16. The highest BCUT2D eigenvalue weighted by atomic mass is 16.5. The van der Waals surface area contributed by atoms with Gasteiger partial charge < -0.3 is 4.74 Å². The lowest BCUT2D eigenvalue weighted by atomic mass is 10.0. The molecule has 0 aromatic carbocycles. The average molecular weight is 397 g/mol. The van der Waals surface area contributed by atoms with E-state index >= 15 is 0 Å². The summed E-state index contributed by atoms with van der Waals surface area (Å²) in [5.74, 6) is 0.865. The second kappa shape index (κ2) is 22.8. The molecule has 0 saturated heterocycles. The molecule has 0 saturated carbocycles. The van der Waals surface area contributed by atoms with Crippen molar-refractivity contribution in [1.82, 2.24) is 0 Å². The monoisotopic (exact) mass is 396 g/mol. The minimum atomic E-state index is 0.0182. The predicted molar refractivity (Wildman–Crippen MR) is 124 cm³/mol. The zero-order chi connectivity index (χ0) is 20.7. The lowest BCUT2D eigenvalue weighted by Crippen LogP contribution is -2.05. The Hall–Kier alpha value is -0.530. The van der Waals surface area contributed by atoms with Crippen molar-refractivity contribution in [2.75, 3.05) is 6.61 Å². The van der Waals surface area contributed by atoms with Crippen molar-refractivity contribution >= 4 is 5.97 Å². The van der Waals surface area contributed by atoms with Crippen LogP contribution in [0.15, 0.2) is 0 Å². The number of carbonyl (C=O) groups is 1.